The van der Waals surface area contributed by atoms with Crippen LogP contribution >= 0.6 is 0 Å². The summed E-state index contributed by atoms with van der Waals surface area (Å²) in [5.41, 5.74) is 5.25. The number of nitrogens with two attached hydrogens (primary N) is 1. The first-order chi connectivity index (χ1) is 3.63. The van der Waals surface area contributed by atoms with Crippen molar-refractivity contribution in [1.29, 1.82) is 0 Å². The standard InChI is InChI=1S/C6H10FN/c1-5(7)3-4-6(2)8/h3-4,6H,1,8H2,2H3/b4-3-. The maximum absolute atomic E-state index is 11.7. The molecule has 0 fully saturated rings. The van der Waals surface area contributed by atoms with Gasteiger partial charge in [0.25, 0.3) is 0 Å². The van der Waals surface area contributed by atoms with Crippen LogP contribution in [0.3, 0.4) is 0 Å². The van der Waals surface area contributed by atoms with Crippen LogP contribution in [-0.2, 0) is 0 Å². The first kappa shape index (κ1) is 7.37. The Morgan fingerprint density at radius 2 is 2.38 bits per heavy atom. The summed E-state index contributed by atoms with van der Waals surface area (Å²) in [5, 5.41) is 0. The number of allylic oxidation sites excluding steroid dienone is 2. The minimum Gasteiger partial charge on any atom is -0.325 e. The Hall–Kier alpha value is -0.630. The molecule has 2 N–H and O–H groups in total. The Balaban J connectivity index is 3.50. The van der Waals surface area contributed by atoms with Crippen LogP contribution in [0.2, 0.25) is 0 Å². The molecule has 0 spiro atoms. The van der Waals surface area contributed by atoms with Crippen molar-refractivity contribution in [2.45, 2.75) is 13.0 Å². The summed E-state index contributed by atoms with van der Waals surface area (Å²) >= 11 is 0. The summed E-state index contributed by atoms with van der Waals surface area (Å²) in [7, 11) is 0. The van der Waals surface area contributed by atoms with Crippen molar-refractivity contribution in [3.63, 3.8) is 0 Å². The maximum atomic E-state index is 11.7. The molecule has 0 heterocycles. The Bertz CT molecular complexity index is 105. The molecule has 0 saturated heterocycles. The Kier molecular flexibility index (Phi) is 3.12. The molecule has 0 rings (SSSR count). The van der Waals surface area contributed by atoms with Crippen LogP contribution in [0.4, 0.5) is 4.39 Å². The molecule has 0 aromatic heterocycles. The van der Waals surface area contributed by atoms with Crippen molar-refractivity contribution in [2.24, 2.45) is 5.73 Å². The second-order valence-corrected chi connectivity index (χ2v) is 1.67. The van der Waals surface area contributed by atoms with Gasteiger partial charge in [-0.3, -0.25) is 0 Å². The molecule has 0 aromatic rings. The third-order valence-electron chi connectivity index (χ3n) is 0.581. The number of hydrogen-bond acceptors (Lipinski definition) is 1. The molecule has 0 amide bonds. The van der Waals surface area contributed by atoms with Gasteiger partial charge in [-0.25, -0.2) is 4.39 Å². The topological polar surface area (TPSA) is 26.0 Å². The van der Waals surface area contributed by atoms with Gasteiger partial charge in [-0.2, -0.15) is 0 Å². The highest BCUT2D eigenvalue weighted by atomic mass is 19.1. The van der Waals surface area contributed by atoms with Gasteiger partial charge in [-0.1, -0.05) is 12.7 Å². The van der Waals surface area contributed by atoms with E-state index in [1.165, 1.54) is 6.08 Å². The SMILES string of the molecule is C=C(F)/C=C\C(C)N. The van der Waals surface area contributed by atoms with Crippen molar-refractivity contribution < 1.29 is 4.39 Å². The average molecular weight is 115 g/mol. The fourth-order valence-electron chi connectivity index (χ4n) is 0.256. The van der Waals surface area contributed by atoms with Gasteiger partial charge in [-0.15, -0.1) is 0 Å². The maximum Gasteiger partial charge on any atom is 0.115 e. The van der Waals surface area contributed by atoms with Gasteiger partial charge >= 0.3 is 0 Å². The van der Waals surface area contributed by atoms with E-state index in [2.05, 4.69) is 6.58 Å². The highest BCUT2D eigenvalue weighted by molar-refractivity contribution is 5.07. The molecule has 0 aromatic carbocycles. The molecule has 0 aliphatic rings. The second-order valence-electron chi connectivity index (χ2n) is 1.67. The highest BCUT2D eigenvalue weighted by Gasteiger charge is 1.82. The molecule has 1 unspecified atom stereocenters. The van der Waals surface area contributed by atoms with Gasteiger partial charge in [-0.05, 0) is 13.0 Å². The van der Waals surface area contributed by atoms with Crippen molar-refractivity contribution in [3.05, 3.63) is 24.6 Å². The van der Waals surface area contributed by atoms with Crippen molar-refractivity contribution in [2.75, 3.05) is 0 Å². The quantitative estimate of drug-likeness (QED) is 0.540. The van der Waals surface area contributed by atoms with Crippen LogP contribution in [0.25, 0.3) is 0 Å². The smallest absolute Gasteiger partial charge is 0.115 e. The van der Waals surface area contributed by atoms with E-state index in [1.54, 1.807) is 13.0 Å². The van der Waals surface area contributed by atoms with Crippen molar-refractivity contribution >= 4 is 0 Å². The second kappa shape index (κ2) is 3.38. The van der Waals surface area contributed by atoms with E-state index in [1.807, 2.05) is 0 Å². The average Bonchev–Trinajstić information content (AvgIpc) is 1.61. The summed E-state index contributed by atoms with van der Waals surface area (Å²) < 4.78 is 11.7. The van der Waals surface area contributed by atoms with Crippen LogP contribution in [-0.4, -0.2) is 6.04 Å². The molecule has 46 valence electrons. The molecular weight excluding hydrogens is 105 g/mol. The highest BCUT2D eigenvalue weighted by Crippen LogP contribution is 1.92. The number of halogens is 1. The molecule has 0 saturated carbocycles. The molecule has 0 aliphatic heterocycles. The lowest BCUT2D eigenvalue weighted by Crippen LogP contribution is -2.09. The van der Waals surface area contributed by atoms with E-state index in [4.69, 9.17) is 5.73 Å². The Morgan fingerprint density at radius 3 is 2.50 bits per heavy atom. The van der Waals surface area contributed by atoms with E-state index >= 15 is 0 Å². The van der Waals surface area contributed by atoms with Crippen LogP contribution in [0.5, 0.6) is 0 Å². The zero-order valence-corrected chi connectivity index (χ0v) is 4.89. The molecule has 0 radical (unpaired) electrons. The summed E-state index contributed by atoms with van der Waals surface area (Å²) in [6.45, 7) is 4.78. The van der Waals surface area contributed by atoms with Crippen molar-refractivity contribution in [1.82, 2.24) is 0 Å². The monoisotopic (exact) mass is 115 g/mol. The normalized spacial score (nSPS) is 14.4. The largest absolute Gasteiger partial charge is 0.325 e. The molecule has 1 nitrogen and oxygen atoms in total. The zero-order chi connectivity index (χ0) is 6.57. The predicted molar refractivity (Wildman–Crippen MR) is 33.0 cm³/mol. The molecule has 0 bridgehead atoms. The predicted octanol–water partition coefficient (Wildman–Crippen LogP) is 1.37. The lowest BCUT2D eigenvalue weighted by atomic mass is 10.3. The first-order valence-electron chi connectivity index (χ1n) is 2.41. The lowest BCUT2D eigenvalue weighted by molar-refractivity contribution is 0.669. The zero-order valence-electron chi connectivity index (χ0n) is 4.89. The van der Waals surface area contributed by atoms with Gasteiger partial charge in [0.2, 0.25) is 0 Å². The van der Waals surface area contributed by atoms with Crippen molar-refractivity contribution in [3.8, 4) is 0 Å². The lowest BCUT2D eigenvalue weighted by Gasteiger charge is -1.90. The minimum absolute atomic E-state index is 0.0949. The van der Waals surface area contributed by atoms with Gasteiger partial charge in [0.1, 0.15) is 5.83 Å². The summed E-state index contributed by atoms with van der Waals surface area (Å²) in [5.74, 6) is -0.456. The van der Waals surface area contributed by atoms with E-state index in [0.29, 0.717) is 0 Å². The number of rotatable bonds is 2. The molecule has 8 heavy (non-hydrogen) atoms. The third kappa shape index (κ3) is 5.37. The van der Waals surface area contributed by atoms with Crippen LogP contribution < -0.4 is 5.73 Å². The summed E-state index contributed by atoms with van der Waals surface area (Å²) in [6, 6.07) is -0.0949. The van der Waals surface area contributed by atoms with Gasteiger partial charge in [0.05, 0.1) is 0 Å². The van der Waals surface area contributed by atoms with Crippen LogP contribution in [0.15, 0.2) is 24.6 Å². The minimum atomic E-state index is -0.456. The van der Waals surface area contributed by atoms with Crippen LogP contribution in [0.1, 0.15) is 6.92 Å². The fourth-order valence-corrected chi connectivity index (χ4v) is 0.256. The van der Waals surface area contributed by atoms with E-state index < -0.39 is 5.83 Å². The van der Waals surface area contributed by atoms with Gasteiger partial charge in [0, 0.05) is 6.04 Å². The molecule has 0 aliphatic carbocycles. The van der Waals surface area contributed by atoms with Gasteiger partial charge < -0.3 is 5.73 Å². The third-order valence-corrected chi connectivity index (χ3v) is 0.581. The van der Waals surface area contributed by atoms with E-state index in [0.717, 1.165) is 0 Å². The number of hydrogen-bond donors (Lipinski definition) is 1. The van der Waals surface area contributed by atoms with Gasteiger partial charge in [0.15, 0.2) is 0 Å². The summed E-state index contributed by atoms with van der Waals surface area (Å²) in [6.07, 6.45) is 2.80. The summed E-state index contributed by atoms with van der Waals surface area (Å²) in [4.78, 5) is 0. The molecular formula is C6H10FN. The Labute approximate surface area is 48.7 Å². The molecule has 1 atom stereocenters. The fraction of sp³-hybridized carbons (Fsp3) is 0.333. The first-order valence-corrected chi connectivity index (χ1v) is 2.41. The molecule has 2 heteroatoms. The van der Waals surface area contributed by atoms with E-state index in [9.17, 15) is 4.39 Å². The Morgan fingerprint density at radius 1 is 1.88 bits per heavy atom. The van der Waals surface area contributed by atoms with Crippen LogP contribution in [0, 0.1) is 0 Å². The van der Waals surface area contributed by atoms with E-state index in [-0.39, 0.29) is 6.04 Å².